The molecule has 1 atom stereocenters. The van der Waals surface area contributed by atoms with Crippen LogP contribution in [0.15, 0.2) is 30.3 Å². The van der Waals surface area contributed by atoms with Crippen LogP contribution in [-0.2, 0) is 19.3 Å². The predicted octanol–water partition coefficient (Wildman–Crippen LogP) is 2.68. The molecule has 0 aliphatic heterocycles. The molecule has 0 amide bonds. The van der Waals surface area contributed by atoms with E-state index in [9.17, 15) is 5.11 Å². The topological polar surface area (TPSA) is 58.0 Å². The third-order valence-electron chi connectivity index (χ3n) is 4.11. The fourth-order valence-corrected chi connectivity index (χ4v) is 3.04. The van der Waals surface area contributed by atoms with Crippen molar-refractivity contribution in [3.8, 4) is 0 Å². The number of aryl methyl sites for hydroxylation is 2. The number of benzene rings is 1. The van der Waals surface area contributed by atoms with Crippen LogP contribution in [-0.4, -0.2) is 27.7 Å². The van der Waals surface area contributed by atoms with Crippen molar-refractivity contribution >= 4 is 5.82 Å². The minimum atomic E-state index is -0.420. The van der Waals surface area contributed by atoms with Gasteiger partial charge in [-0.05, 0) is 38.2 Å². The standard InChI is InChI=1S/C18H23N3O/c1-13-20-17-10-6-5-9-16(17)18(21-13)19-12-15(22)11-14-7-3-2-4-8-14/h2-4,7-8,15,22H,5-6,9-12H2,1H3,(H,19,20,21). The minimum Gasteiger partial charge on any atom is -0.391 e. The van der Waals surface area contributed by atoms with E-state index >= 15 is 0 Å². The Balaban J connectivity index is 1.65. The van der Waals surface area contributed by atoms with Crippen LogP contribution < -0.4 is 5.32 Å². The molecule has 1 aromatic heterocycles. The predicted molar refractivity (Wildman–Crippen MR) is 88.1 cm³/mol. The highest BCUT2D eigenvalue weighted by atomic mass is 16.3. The zero-order valence-corrected chi connectivity index (χ0v) is 13.0. The maximum atomic E-state index is 10.2. The monoisotopic (exact) mass is 297 g/mol. The van der Waals surface area contributed by atoms with Crippen molar-refractivity contribution in [2.24, 2.45) is 0 Å². The maximum absolute atomic E-state index is 10.2. The quantitative estimate of drug-likeness (QED) is 0.891. The summed E-state index contributed by atoms with van der Waals surface area (Å²) in [5.41, 5.74) is 3.57. The molecule has 1 aliphatic carbocycles. The summed E-state index contributed by atoms with van der Waals surface area (Å²) in [6.07, 6.45) is 4.71. The third-order valence-corrected chi connectivity index (χ3v) is 4.11. The van der Waals surface area contributed by atoms with Gasteiger partial charge in [-0.1, -0.05) is 30.3 Å². The fourth-order valence-electron chi connectivity index (χ4n) is 3.04. The zero-order chi connectivity index (χ0) is 15.4. The smallest absolute Gasteiger partial charge is 0.133 e. The summed E-state index contributed by atoms with van der Waals surface area (Å²) < 4.78 is 0. The first-order valence-corrected chi connectivity index (χ1v) is 8.04. The number of rotatable bonds is 5. The summed E-state index contributed by atoms with van der Waals surface area (Å²) >= 11 is 0. The first kappa shape index (κ1) is 15.0. The van der Waals surface area contributed by atoms with Crippen molar-refractivity contribution in [3.05, 3.63) is 53.0 Å². The van der Waals surface area contributed by atoms with Crippen molar-refractivity contribution in [1.29, 1.82) is 0 Å². The van der Waals surface area contributed by atoms with Gasteiger partial charge in [0.05, 0.1) is 6.10 Å². The summed E-state index contributed by atoms with van der Waals surface area (Å²) in [5, 5.41) is 13.6. The minimum absolute atomic E-state index is 0.420. The van der Waals surface area contributed by atoms with Crippen LogP contribution in [0.1, 0.15) is 35.5 Å². The Kier molecular flexibility index (Phi) is 4.68. The molecule has 1 aromatic carbocycles. The van der Waals surface area contributed by atoms with E-state index in [-0.39, 0.29) is 0 Å². The normalized spacial score (nSPS) is 15.2. The lowest BCUT2D eigenvalue weighted by Gasteiger charge is -2.20. The van der Waals surface area contributed by atoms with E-state index in [1.165, 1.54) is 24.1 Å². The van der Waals surface area contributed by atoms with Gasteiger partial charge in [0.15, 0.2) is 0 Å². The van der Waals surface area contributed by atoms with Crippen molar-refractivity contribution in [2.45, 2.75) is 45.1 Å². The Labute approximate surface area is 131 Å². The van der Waals surface area contributed by atoms with E-state index in [2.05, 4.69) is 15.3 Å². The first-order valence-electron chi connectivity index (χ1n) is 8.04. The molecule has 22 heavy (non-hydrogen) atoms. The summed E-state index contributed by atoms with van der Waals surface area (Å²) in [5.74, 6) is 1.72. The van der Waals surface area contributed by atoms with Crippen LogP contribution >= 0.6 is 0 Å². The van der Waals surface area contributed by atoms with E-state index in [4.69, 9.17) is 0 Å². The Morgan fingerprint density at radius 2 is 1.91 bits per heavy atom. The van der Waals surface area contributed by atoms with Gasteiger partial charge in [0.1, 0.15) is 11.6 Å². The highest BCUT2D eigenvalue weighted by Gasteiger charge is 2.17. The highest BCUT2D eigenvalue weighted by Crippen LogP contribution is 2.25. The fraction of sp³-hybridized carbons (Fsp3) is 0.444. The van der Waals surface area contributed by atoms with Gasteiger partial charge in [-0.2, -0.15) is 0 Å². The molecule has 0 saturated heterocycles. The van der Waals surface area contributed by atoms with E-state index in [1.54, 1.807) is 0 Å². The second-order valence-electron chi connectivity index (χ2n) is 5.98. The molecule has 3 rings (SSSR count). The molecule has 4 nitrogen and oxygen atoms in total. The van der Waals surface area contributed by atoms with Gasteiger partial charge < -0.3 is 10.4 Å². The van der Waals surface area contributed by atoms with Crippen LogP contribution in [0, 0.1) is 6.92 Å². The van der Waals surface area contributed by atoms with Crippen molar-refractivity contribution in [1.82, 2.24) is 9.97 Å². The molecule has 0 radical (unpaired) electrons. The Morgan fingerprint density at radius 1 is 1.14 bits per heavy atom. The highest BCUT2D eigenvalue weighted by molar-refractivity contribution is 5.48. The molecule has 2 aromatic rings. The van der Waals surface area contributed by atoms with E-state index < -0.39 is 6.10 Å². The molecule has 0 spiro atoms. The Bertz CT molecular complexity index is 628. The van der Waals surface area contributed by atoms with Crippen LogP contribution in [0.4, 0.5) is 5.82 Å². The molecule has 2 N–H and O–H groups in total. The number of nitrogens with one attached hydrogen (secondary N) is 1. The Morgan fingerprint density at radius 3 is 2.73 bits per heavy atom. The number of hydrogen-bond donors (Lipinski definition) is 2. The SMILES string of the molecule is Cc1nc2c(c(NCC(O)Cc3ccccc3)n1)CCCC2. The van der Waals surface area contributed by atoms with Gasteiger partial charge in [0, 0.05) is 24.2 Å². The van der Waals surface area contributed by atoms with Crippen LogP contribution in [0.3, 0.4) is 0 Å². The molecule has 1 unspecified atom stereocenters. The average molecular weight is 297 g/mol. The number of hydrogen-bond acceptors (Lipinski definition) is 4. The molecule has 4 heteroatoms. The van der Waals surface area contributed by atoms with Crippen LogP contribution in [0.5, 0.6) is 0 Å². The van der Waals surface area contributed by atoms with E-state index in [1.807, 2.05) is 37.3 Å². The zero-order valence-electron chi connectivity index (χ0n) is 13.0. The largest absolute Gasteiger partial charge is 0.391 e. The third kappa shape index (κ3) is 3.63. The summed E-state index contributed by atoms with van der Waals surface area (Å²) in [6, 6.07) is 10.1. The summed E-state index contributed by atoms with van der Waals surface area (Å²) in [6.45, 7) is 2.44. The summed E-state index contributed by atoms with van der Waals surface area (Å²) in [7, 11) is 0. The average Bonchev–Trinajstić information content (AvgIpc) is 2.53. The Hall–Kier alpha value is -1.94. The number of anilines is 1. The molecule has 1 aliphatic rings. The van der Waals surface area contributed by atoms with Gasteiger partial charge in [-0.15, -0.1) is 0 Å². The van der Waals surface area contributed by atoms with Crippen molar-refractivity contribution < 1.29 is 5.11 Å². The number of fused-ring (bicyclic) bond motifs is 1. The lowest BCUT2D eigenvalue weighted by Crippen LogP contribution is -2.24. The number of aliphatic hydroxyl groups is 1. The number of nitrogens with zero attached hydrogens (tertiary/aromatic N) is 2. The molecule has 1 heterocycles. The maximum Gasteiger partial charge on any atom is 0.133 e. The van der Waals surface area contributed by atoms with Crippen LogP contribution in [0.2, 0.25) is 0 Å². The van der Waals surface area contributed by atoms with Gasteiger partial charge in [0.25, 0.3) is 0 Å². The second-order valence-corrected chi connectivity index (χ2v) is 5.98. The first-order chi connectivity index (χ1) is 10.7. The van der Waals surface area contributed by atoms with Gasteiger partial charge in [-0.25, -0.2) is 9.97 Å². The second kappa shape index (κ2) is 6.88. The van der Waals surface area contributed by atoms with Gasteiger partial charge in [0.2, 0.25) is 0 Å². The van der Waals surface area contributed by atoms with E-state index in [0.29, 0.717) is 13.0 Å². The lowest BCUT2D eigenvalue weighted by atomic mass is 9.96. The molecular weight excluding hydrogens is 274 g/mol. The van der Waals surface area contributed by atoms with Gasteiger partial charge >= 0.3 is 0 Å². The number of aliphatic hydroxyl groups excluding tert-OH is 1. The van der Waals surface area contributed by atoms with E-state index in [0.717, 1.165) is 30.0 Å². The molecule has 0 saturated carbocycles. The molecule has 0 fully saturated rings. The lowest BCUT2D eigenvalue weighted by molar-refractivity contribution is 0.188. The molecular formula is C18H23N3O. The molecule has 0 bridgehead atoms. The number of aromatic nitrogens is 2. The molecule has 116 valence electrons. The van der Waals surface area contributed by atoms with Crippen molar-refractivity contribution in [2.75, 3.05) is 11.9 Å². The van der Waals surface area contributed by atoms with Crippen molar-refractivity contribution in [3.63, 3.8) is 0 Å². The van der Waals surface area contributed by atoms with Gasteiger partial charge in [-0.3, -0.25) is 0 Å². The van der Waals surface area contributed by atoms with Crippen LogP contribution in [0.25, 0.3) is 0 Å². The summed E-state index contributed by atoms with van der Waals surface area (Å²) in [4.78, 5) is 9.09.